The number of nitrogens with one attached hydrogen (secondary N) is 3. The second kappa shape index (κ2) is 18.4. The highest BCUT2D eigenvalue weighted by Crippen LogP contribution is 2.31. The Balaban J connectivity index is 0.737. The summed E-state index contributed by atoms with van der Waals surface area (Å²) in [6.07, 6.45) is 9.12. The van der Waals surface area contributed by atoms with Crippen LogP contribution in [0.2, 0.25) is 0 Å². The molecule has 1 atom stereocenters. The van der Waals surface area contributed by atoms with Crippen LogP contribution >= 0.6 is 11.8 Å². The zero-order valence-electron chi connectivity index (χ0n) is 32.6. The molecule has 0 spiro atoms. The number of fused-ring (bicyclic) bond motifs is 1. The third-order valence-electron chi connectivity index (χ3n) is 12.6. The van der Waals surface area contributed by atoms with Gasteiger partial charge in [-0.1, -0.05) is 0 Å². The van der Waals surface area contributed by atoms with Gasteiger partial charge in [-0.05, 0) is 114 Å². The van der Waals surface area contributed by atoms with E-state index in [0.29, 0.717) is 70.4 Å². The van der Waals surface area contributed by atoms with Crippen molar-refractivity contribution in [3.63, 3.8) is 0 Å². The van der Waals surface area contributed by atoms with Crippen LogP contribution in [0, 0.1) is 23.5 Å². The number of carbonyl (C=O) groups is 2. The van der Waals surface area contributed by atoms with E-state index in [9.17, 15) is 14.4 Å². The van der Waals surface area contributed by atoms with E-state index in [4.69, 9.17) is 9.47 Å². The quantitative estimate of drug-likeness (QED) is 0.206. The standard InChI is InChI=1S/C42H55F2N7O5S/c43-33-21-29(45-35-2-4-39(52)48-41(35)53)1-3-37(33)51-17-5-27(6-18-51)24-49-13-9-30(10-14-49)50-15-7-28(8-16-50)25-56-31-22-34(44)40-36(23-31)46-38(47-42(40)54)26-57-32-11-19-55-20-12-32/h1,3,21-23,27-28,30,32,35,45H,2,4-20,24-26H2,(H,46,47,54)(H,48,52,53). The van der Waals surface area contributed by atoms with Crippen LogP contribution < -0.4 is 25.8 Å². The van der Waals surface area contributed by atoms with Crippen molar-refractivity contribution in [2.75, 3.05) is 75.9 Å². The zero-order valence-corrected chi connectivity index (χ0v) is 33.4. The number of aromatic amines is 1. The molecule has 3 aromatic rings. The second-order valence-electron chi connectivity index (χ2n) is 16.5. The Morgan fingerprint density at radius 1 is 0.860 bits per heavy atom. The van der Waals surface area contributed by atoms with Gasteiger partial charge in [-0.2, -0.15) is 11.8 Å². The number of benzene rings is 2. The lowest BCUT2D eigenvalue weighted by Crippen LogP contribution is -2.49. The fourth-order valence-corrected chi connectivity index (χ4v) is 10.3. The number of hydrogen-bond acceptors (Lipinski definition) is 11. The maximum absolute atomic E-state index is 15.2. The van der Waals surface area contributed by atoms with Gasteiger partial charge in [0, 0.05) is 68.4 Å². The van der Waals surface area contributed by atoms with Crippen LogP contribution in [-0.4, -0.2) is 115 Å². The second-order valence-corrected chi connectivity index (χ2v) is 17.8. The van der Waals surface area contributed by atoms with Crippen molar-refractivity contribution in [2.24, 2.45) is 11.8 Å². The fraction of sp³-hybridized carbons (Fsp3) is 0.619. The molecule has 5 saturated heterocycles. The average Bonchev–Trinajstić information content (AvgIpc) is 3.21. The van der Waals surface area contributed by atoms with Gasteiger partial charge >= 0.3 is 0 Å². The van der Waals surface area contributed by atoms with Gasteiger partial charge in [0.05, 0.1) is 23.6 Å². The number of rotatable bonds is 12. The number of H-pyrrole nitrogens is 1. The Morgan fingerprint density at radius 2 is 1.61 bits per heavy atom. The summed E-state index contributed by atoms with van der Waals surface area (Å²) in [7, 11) is 0. The number of amides is 2. The SMILES string of the molecule is O=C1CCC(Nc2ccc(N3CCC(CN4CCC(N5CCC(COc6cc(F)c7c(=O)[nH]c(CSC8CCOCC8)nc7c6)CC5)CC4)CC3)c(F)c2)C(=O)N1. The number of piperidine rings is 4. The van der Waals surface area contributed by atoms with Crippen molar-refractivity contribution < 1.29 is 27.8 Å². The van der Waals surface area contributed by atoms with E-state index in [0.717, 1.165) is 97.6 Å². The molecule has 15 heteroatoms. The van der Waals surface area contributed by atoms with Gasteiger partial charge < -0.3 is 34.5 Å². The van der Waals surface area contributed by atoms with E-state index >= 15 is 8.78 Å². The number of halogens is 2. The first kappa shape index (κ1) is 40.0. The molecule has 308 valence electrons. The zero-order chi connectivity index (χ0) is 39.3. The fourth-order valence-electron chi connectivity index (χ4n) is 9.21. The molecule has 0 radical (unpaired) electrons. The molecule has 0 aliphatic carbocycles. The minimum Gasteiger partial charge on any atom is -0.493 e. The molecule has 12 nitrogen and oxygen atoms in total. The molecule has 0 bridgehead atoms. The van der Waals surface area contributed by atoms with Crippen molar-refractivity contribution in [1.29, 1.82) is 0 Å². The number of likely N-dealkylation sites (tertiary alicyclic amines) is 2. The number of hydrogen-bond donors (Lipinski definition) is 3. The summed E-state index contributed by atoms with van der Waals surface area (Å²) in [6, 6.07) is 8.13. The van der Waals surface area contributed by atoms with E-state index in [1.54, 1.807) is 23.9 Å². The van der Waals surface area contributed by atoms with Gasteiger partial charge in [0.2, 0.25) is 11.8 Å². The minimum absolute atomic E-state index is 0.0223. The lowest BCUT2D eigenvalue weighted by atomic mass is 9.92. The summed E-state index contributed by atoms with van der Waals surface area (Å²) in [4.78, 5) is 51.1. The molecule has 57 heavy (non-hydrogen) atoms. The van der Waals surface area contributed by atoms with Crippen molar-refractivity contribution in [3.8, 4) is 5.75 Å². The maximum Gasteiger partial charge on any atom is 0.261 e. The molecular weight excluding hydrogens is 753 g/mol. The first-order valence-corrected chi connectivity index (χ1v) is 21.9. The Kier molecular flexibility index (Phi) is 12.9. The summed E-state index contributed by atoms with van der Waals surface area (Å²) in [6.45, 7) is 9.05. The van der Waals surface area contributed by atoms with Gasteiger partial charge in [0.15, 0.2) is 0 Å². The van der Waals surface area contributed by atoms with Crippen LogP contribution in [0.5, 0.6) is 5.75 Å². The molecule has 2 aromatic carbocycles. The van der Waals surface area contributed by atoms with E-state index in [1.807, 2.05) is 6.07 Å². The summed E-state index contributed by atoms with van der Waals surface area (Å²) in [5.41, 5.74) is 1.03. The van der Waals surface area contributed by atoms with Crippen LogP contribution in [-0.2, 0) is 20.1 Å². The summed E-state index contributed by atoms with van der Waals surface area (Å²) in [5, 5.41) is 5.85. The average molecular weight is 808 g/mol. The van der Waals surface area contributed by atoms with E-state index in [2.05, 4.69) is 35.3 Å². The number of carbonyl (C=O) groups excluding carboxylic acids is 2. The molecule has 5 aliphatic heterocycles. The number of anilines is 2. The maximum atomic E-state index is 15.2. The Labute approximate surface area is 336 Å². The van der Waals surface area contributed by atoms with Crippen LogP contribution in [0.25, 0.3) is 10.9 Å². The first-order chi connectivity index (χ1) is 27.7. The predicted molar refractivity (Wildman–Crippen MR) is 218 cm³/mol. The molecule has 0 saturated carbocycles. The van der Waals surface area contributed by atoms with Crippen molar-refractivity contribution in [1.82, 2.24) is 25.1 Å². The Hall–Kier alpha value is -3.79. The third-order valence-corrected chi connectivity index (χ3v) is 14.0. The van der Waals surface area contributed by atoms with E-state index in [-0.39, 0.29) is 29.4 Å². The molecule has 1 aromatic heterocycles. The molecule has 5 fully saturated rings. The summed E-state index contributed by atoms with van der Waals surface area (Å²) < 4.78 is 41.8. The molecule has 3 N–H and O–H groups in total. The summed E-state index contributed by atoms with van der Waals surface area (Å²) >= 11 is 1.76. The topological polar surface area (TPSA) is 132 Å². The van der Waals surface area contributed by atoms with Crippen LogP contribution in [0.3, 0.4) is 0 Å². The lowest BCUT2D eigenvalue weighted by Gasteiger charge is -2.43. The number of thioether (sulfide) groups is 1. The third kappa shape index (κ3) is 10.1. The number of ether oxygens (including phenoxy) is 2. The van der Waals surface area contributed by atoms with E-state index in [1.165, 1.54) is 25.0 Å². The number of nitrogens with zero attached hydrogens (tertiary/aromatic N) is 4. The molecule has 5 aliphatic rings. The van der Waals surface area contributed by atoms with Crippen LogP contribution in [0.4, 0.5) is 20.2 Å². The molecular formula is C42H55F2N7O5S. The van der Waals surface area contributed by atoms with Crippen molar-refractivity contribution >= 4 is 45.9 Å². The van der Waals surface area contributed by atoms with Crippen LogP contribution in [0.15, 0.2) is 35.1 Å². The highest BCUT2D eigenvalue weighted by Gasteiger charge is 2.31. The molecule has 8 rings (SSSR count). The predicted octanol–water partition coefficient (Wildman–Crippen LogP) is 5.30. The van der Waals surface area contributed by atoms with Crippen molar-refractivity contribution in [3.05, 3.63) is 58.1 Å². The smallest absolute Gasteiger partial charge is 0.261 e. The largest absolute Gasteiger partial charge is 0.493 e. The minimum atomic E-state index is -0.605. The molecule has 6 heterocycles. The Bertz CT molecular complexity index is 1940. The van der Waals surface area contributed by atoms with Gasteiger partial charge in [-0.3, -0.25) is 19.7 Å². The number of imide groups is 1. The number of aromatic nitrogens is 2. The summed E-state index contributed by atoms with van der Waals surface area (Å²) in [5.74, 6) is 0.992. The van der Waals surface area contributed by atoms with E-state index < -0.39 is 17.4 Å². The monoisotopic (exact) mass is 807 g/mol. The van der Waals surface area contributed by atoms with Crippen LogP contribution in [0.1, 0.15) is 70.0 Å². The van der Waals surface area contributed by atoms with Gasteiger partial charge in [0.1, 0.15) is 34.6 Å². The van der Waals surface area contributed by atoms with Gasteiger partial charge in [0.25, 0.3) is 5.56 Å². The molecule has 1 unspecified atom stereocenters. The van der Waals surface area contributed by atoms with Crippen molar-refractivity contribution in [2.45, 2.75) is 87.3 Å². The van der Waals surface area contributed by atoms with Gasteiger partial charge in [-0.15, -0.1) is 0 Å². The normalized spacial score (nSPS) is 22.9. The Morgan fingerprint density at radius 3 is 2.35 bits per heavy atom. The van der Waals surface area contributed by atoms with Gasteiger partial charge in [-0.25, -0.2) is 13.8 Å². The highest BCUT2D eigenvalue weighted by atomic mass is 32.2. The highest BCUT2D eigenvalue weighted by molar-refractivity contribution is 7.99. The molecule has 2 amide bonds. The first-order valence-electron chi connectivity index (χ1n) is 20.9. The lowest BCUT2D eigenvalue weighted by molar-refractivity contribution is -0.133.